The van der Waals surface area contributed by atoms with Gasteiger partial charge in [0.15, 0.2) is 0 Å². The second-order valence-electron chi connectivity index (χ2n) is 4.14. The molecule has 1 rings (SSSR count). The SMILES string of the molecule is CCN(C(=O)CNC(C)=O)C1COCC1C(=O)O. The first-order valence-corrected chi connectivity index (χ1v) is 5.81. The molecule has 7 nitrogen and oxygen atoms in total. The lowest BCUT2D eigenvalue weighted by atomic mass is 10.0. The largest absolute Gasteiger partial charge is 0.481 e. The highest BCUT2D eigenvalue weighted by Crippen LogP contribution is 2.20. The van der Waals surface area contributed by atoms with Crippen LogP contribution >= 0.6 is 0 Å². The summed E-state index contributed by atoms with van der Waals surface area (Å²) in [5.41, 5.74) is 0. The number of nitrogens with one attached hydrogen (secondary N) is 1. The van der Waals surface area contributed by atoms with Gasteiger partial charge in [0.2, 0.25) is 11.8 Å². The third-order valence-electron chi connectivity index (χ3n) is 2.92. The number of nitrogens with zero attached hydrogens (tertiary/aromatic N) is 1. The summed E-state index contributed by atoms with van der Waals surface area (Å²) in [5, 5.41) is 11.4. The minimum Gasteiger partial charge on any atom is -0.481 e. The number of hydrogen-bond acceptors (Lipinski definition) is 4. The molecule has 102 valence electrons. The number of ether oxygens (including phenoxy) is 1. The molecule has 18 heavy (non-hydrogen) atoms. The number of carbonyl (C=O) groups excluding carboxylic acids is 2. The minimum atomic E-state index is -0.969. The molecular formula is C11H18N2O5. The van der Waals surface area contributed by atoms with E-state index in [9.17, 15) is 14.4 Å². The maximum absolute atomic E-state index is 11.9. The summed E-state index contributed by atoms with van der Waals surface area (Å²) in [6.45, 7) is 3.69. The van der Waals surface area contributed by atoms with Gasteiger partial charge in [-0.3, -0.25) is 14.4 Å². The Labute approximate surface area is 105 Å². The van der Waals surface area contributed by atoms with Crippen molar-refractivity contribution in [1.82, 2.24) is 10.2 Å². The third kappa shape index (κ3) is 3.43. The van der Waals surface area contributed by atoms with E-state index in [1.807, 2.05) is 0 Å². The van der Waals surface area contributed by atoms with Crippen LogP contribution in [0.15, 0.2) is 0 Å². The van der Waals surface area contributed by atoms with Gasteiger partial charge in [0.1, 0.15) is 5.92 Å². The fourth-order valence-corrected chi connectivity index (χ4v) is 1.98. The van der Waals surface area contributed by atoms with Crippen LogP contribution in [0.2, 0.25) is 0 Å². The molecule has 7 heteroatoms. The van der Waals surface area contributed by atoms with E-state index >= 15 is 0 Å². The summed E-state index contributed by atoms with van der Waals surface area (Å²) in [6, 6.07) is -0.464. The Bertz CT molecular complexity index is 344. The molecule has 0 spiro atoms. The number of carbonyl (C=O) groups is 3. The van der Waals surface area contributed by atoms with E-state index in [4.69, 9.17) is 9.84 Å². The van der Waals surface area contributed by atoms with Gasteiger partial charge in [0.05, 0.1) is 25.8 Å². The van der Waals surface area contributed by atoms with E-state index < -0.39 is 17.9 Å². The summed E-state index contributed by atoms with van der Waals surface area (Å²) in [7, 11) is 0. The zero-order valence-corrected chi connectivity index (χ0v) is 10.5. The molecule has 1 aliphatic heterocycles. The van der Waals surface area contributed by atoms with Crippen molar-refractivity contribution in [2.45, 2.75) is 19.9 Å². The van der Waals surface area contributed by atoms with E-state index in [-0.39, 0.29) is 31.6 Å². The van der Waals surface area contributed by atoms with Crippen LogP contribution in [0.1, 0.15) is 13.8 Å². The fraction of sp³-hybridized carbons (Fsp3) is 0.727. The number of amides is 2. The molecule has 2 atom stereocenters. The Morgan fingerprint density at radius 3 is 2.56 bits per heavy atom. The smallest absolute Gasteiger partial charge is 0.311 e. The Balaban J connectivity index is 2.67. The molecule has 1 aliphatic rings. The third-order valence-corrected chi connectivity index (χ3v) is 2.92. The summed E-state index contributed by atoms with van der Waals surface area (Å²) in [6.07, 6.45) is 0. The van der Waals surface area contributed by atoms with Gasteiger partial charge < -0.3 is 20.1 Å². The molecule has 0 aromatic heterocycles. The Hall–Kier alpha value is -1.63. The monoisotopic (exact) mass is 258 g/mol. The summed E-state index contributed by atoms with van der Waals surface area (Å²) in [5.74, 6) is -2.26. The second-order valence-corrected chi connectivity index (χ2v) is 4.14. The maximum atomic E-state index is 11.9. The lowest BCUT2D eigenvalue weighted by Crippen LogP contribution is -2.49. The van der Waals surface area contributed by atoms with Gasteiger partial charge in [-0.25, -0.2) is 0 Å². The van der Waals surface area contributed by atoms with E-state index in [2.05, 4.69) is 5.32 Å². The highest BCUT2D eigenvalue weighted by atomic mass is 16.5. The molecule has 1 fully saturated rings. The van der Waals surface area contributed by atoms with Crippen molar-refractivity contribution in [3.05, 3.63) is 0 Å². The number of carboxylic acids is 1. The fourth-order valence-electron chi connectivity index (χ4n) is 1.98. The molecule has 2 N–H and O–H groups in total. The first-order chi connectivity index (χ1) is 8.47. The van der Waals surface area contributed by atoms with Crippen molar-refractivity contribution in [2.24, 2.45) is 5.92 Å². The predicted molar refractivity (Wildman–Crippen MR) is 61.8 cm³/mol. The zero-order chi connectivity index (χ0) is 13.7. The molecule has 2 unspecified atom stereocenters. The maximum Gasteiger partial charge on any atom is 0.311 e. The van der Waals surface area contributed by atoms with Crippen molar-refractivity contribution in [3.63, 3.8) is 0 Å². The van der Waals surface area contributed by atoms with Crippen molar-refractivity contribution in [2.75, 3.05) is 26.3 Å². The number of hydrogen-bond donors (Lipinski definition) is 2. The van der Waals surface area contributed by atoms with Crippen molar-refractivity contribution in [1.29, 1.82) is 0 Å². The second kappa shape index (κ2) is 6.34. The molecule has 0 aromatic carbocycles. The molecule has 0 aromatic rings. The minimum absolute atomic E-state index is 0.115. The van der Waals surface area contributed by atoms with Gasteiger partial charge in [-0.1, -0.05) is 0 Å². The van der Waals surface area contributed by atoms with E-state index in [1.54, 1.807) is 6.92 Å². The molecule has 1 heterocycles. The van der Waals surface area contributed by atoms with Crippen LogP contribution in [-0.4, -0.2) is 60.1 Å². The highest BCUT2D eigenvalue weighted by Gasteiger charge is 2.39. The topological polar surface area (TPSA) is 95.9 Å². The predicted octanol–water partition coefficient (Wildman–Crippen LogP) is -0.929. The Morgan fingerprint density at radius 1 is 1.39 bits per heavy atom. The van der Waals surface area contributed by atoms with Crippen LogP contribution in [0, 0.1) is 5.92 Å². The lowest BCUT2D eigenvalue weighted by Gasteiger charge is -2.29. The van der Waals surface area contributed by atoms with Crippen LogP contribution in [0.3, 0.4) is 0 Å². The van der Waals surface area contributed by atoms with Crippen LogP contribution in [-0.2, 0) is 19.1 Å². The summed E-state index contributed by atoms with van der Waals surface area (Å²) < 4.78 is 5.13. The number of aliphatic carboxylic acids is 1. The van der Waals surface area contributed by atoms with Crippen LogP contribution in [0.25, 0.3) is 0 Å². The first kappa shape index (κ1) is 14.4. The molecule has 2 amide bonds. The Morgan fingerprint density at radius 2 is 2.06 bits per heavy atom. The van der Waals surface area contributed by atoms with Crippen LogP contribution in [0.4, 0.5) is 0 Å². The average Bonchev–Trinajstić information content (AvgIpc) is 2.76. The van der Waals surface area contributed by atoms with Crippen molar-refractivity contribution >= 4 is 17.8 Å². The number of likely N-dealkylation sites (N-methyl/N-ethyl adjacent to an activating group) is 1. The normalized spacial score (nSPS) is 22.6. The summed E-state index contributed by atoms with van der Waals surface area (Å²) in [4.78, 5) is 35.1. The standard InChI is InChI=1S/C11H18N2O5/c1-3-13(10(15)4-12-7(2)14)9-6-18-5-8(9)11(16)17/h8-9H,3-6H2,1-2H3,(H,12,14)(H,16,17). The highest BCUT2D eigenvalue weighted by molar-refractivity contribution is 5.84. The van der Waals surface area contributed by atoms with Crippen molar-refractivity contribution < 1.29 is 24.2 Å². The first-order valence-electron chi connectivity index (χ1n) is 5.81. The van der Waals surface area contributed by atoms with Crippen molar-refractivity contribution in [3.8, 4) is 0 Å². The van der Waals surface area contributed by atoms with Crippen LogP contribution < -0.4 is 5.32 Å². The molecule has 0 saturated carbocycles. The molecule has 1 saturated heterocycles. The van der Waals surface area contributed by atoms with E-state index in [0.29, 0.717) is 6.54 Å². The molecule has 0 bridgehead atoms. The van der Waals surface area contributed by atoms with Gasteiger partial charge in [-0.15, -0.1) is 0 Å². The van der Waals surface area contributed by atoms with Gasteiger partial charge >= 0.3 is 5.97 Å². The van der Waals surface area contributed by atoms with E-state index in [1.165, 1.54) is 11.8 Å². The van der Waals surface area contributed by atoms with E-state index in [0.717, 1.165) is 0 Å². The lowest BCUT2D eigenvalue weighted by molar-refractivity contribution is -0.145. The number of rotatable bonds is 5. The Kier molecular flexibility index (Phi) is 5.08. The van der Waals surface area contributed by atoms with Crippen LogP contribution in [0.5, 0.6) is 0 Å². The quantitative estimate of drug-likeness (QED) is 0.664. The molecule has 0 aliphatic carbocycles. The number of carboxylic acid groups (broad SMARTS) is 1. The molecule has 0 radical (unpaired) electrons. The van der Waals surface area contributed by atoms with Gasteiger partial charge in [-0.2, -0.15) is 0 Å². The zero-order valence-electron chi connectivity index (χ0n) is 10.5. The average molecular weight is 258 g/mol. The van der Waals surface area contributed by atoms with Gasteiger partial charge in [0, 0.05) is 13.5 Å². The molecular weight excluding hydrogens is 240 g/mol. The van der Waals surface area contributed by atoms with Gasteiger partial charge in [0.25, 0.3) is 0 Å². The van der Waals surface area contributed by atoms with Gasteiger partial charge in [-0.05, 0) is 6.92 Å². The summed E-state index contributed by atoms with van der Waals surface area (Å²) >= 11 is 0.